The third kappa shape index (κ3) is 25.5. The van der Waals surface area contributed by atoms with Crippen LogP contribution in [0.4, 0.5) is 34.1 Å². The topological polar surface area (TPSA) is 443 Å². The van der Waals surface area contributed by atoms with E-state index in [0.717, 1.165) is 43.3 Å². The molecule has 33 nitrogen and oxygen atoms in total. The van der Waals surface area contributed by atoms with Crippen LogP contribution in [0.15, 0.2) is 248 Å². The number of rotatable bonds is 14. The number of hydrogen-bond donors (Lipinski definition) is 12. The van der Waals surface area contributed by atoms with E-state index in [1.54, 1.807) is 122 Å². The zero-order chi connectivity index (χ0) is 94.5. The number of amides is 11. The Bertz CT molecular complexity index is 6470. The van der Waals surface area contributed by atoms with Crippen LogP contribution in [0.25, 0.3) is 47.2 Å². The molecule has 12 N–H and O–H groups in total. The van der Waals surface area contributed by atoms with E-state index in [2.05, 4.69) is 78.7 Å². The van der Waals surface area contributed by atoms with Crippen LogP contribution in [0.2, 0.25) is 0 Å². The molecule has 15 rings (SSSR count). The number of nitro groups is 1. The average molecular weight is 1920 g/mol. The first kappa shape index (κ1) is 96.9. The van der Waals surface area contributed by atoms with Gasteiger partial charge in [-0.05, 0) is 248 Å². The van der Waals surface area contributed by atoms with Crippen molar-refractivity contribution in [3.05, 3.63) is 296 Å². The molecule has 40 heteroatoms. The summed E-state index contributed by atoms with van der Waals surface area (Å²) in [6.07, 6.45) is 10.8. The number of H-pyrrole nitrogens is 2. The first-order valence-corrected chi connectivity index (χ1v) is 41.7. The molecule has 1 aromatic heterocycles. The number of carbonyl (C=O) groups excluding carboxylic acids is 11. The minimum Gasteiger partial charge on any atom is -0.494 e. The van der Waals surface area contributed by atoms with E-state index in [0.29, 0.717) is 57.5 Å². The molecule has 6 aliphatic rings. The van der Waals surface area contributed by atoms with Crippen molar-refractivity contribution in [2.45, 2.75) is 27.7 Å². The number of allylic oxidation sites excluding steroid dienone is 2. The van der Waals surface area contributed by atoms with Gasteiger partial charge in [0.1, 0.15) is 44.9 Å². The van der Waals surface area contributed by atoms with Crippen molar-refractivity contribution in [2.24, 2.45) is 4.99 Å². The number of thiocarbonyl (C=S) groups is 5. The lowest BCUT2D eigenvalue weighted by atomic mass is 10.0. The lowest BCUT2D eigenvalue weighted by Gasteiger charge is -2.36. The highest BCUT2D eigenvalue weighted by Crippen LogP contribution is 2.34. The minimum absolute atomic E-state index is 0.00171. The molecular formula is C90H76BrN17O16S6. The van der Waals surface area contributed by atoms with Crippen LogP contribution in [0.3, 0.4) is 0 Å². The number of carbonyl (C=O) groups is 11. The minimum atomic E-state index is -0.604. The highest BCUT2D eigenvalue weighted by molar-refractivity contribution is 9.10. The number of anilines is 5. The Morgan fingerprint density at radius 1 is 0.515 bits per heavy atom. The Morgan fingerprint density at radius 2 is 0.954 bits per heavy atom. The number of fused-ring (bicyclic) bond motifs is 1. The van der Waals surface area contributed by atoms with E-state index >= 15 is 0 Å². The summed E-state index contributed by atoms with van der Waals surface area (Å²) in [7, 11) is 7.28. The zero-order valence-electron chi connectivity index (χ0n) is 69.7. The van der Waals surface area contributed by atoms with E-state index in [4.69, 9.17) is 78.0 Å². The van der Waals surface area contributed by atoms with Gasteiger partial charge in [0.15, 0.2) is 30.3 Å². The molecule has 8 aromatic carbocycles. The predicted molar refractivity (Wildman–Crippen MR) is 523 cm³/mol. The van der Waals surface area contributed by atoms with Gasteiger partial charge in [-0.2, -0.15) is 0 Å². The van der Waals surface area contributed by atoms with Gasteiger partial charge < -0.3 is 29.9 Å². The summed E-state index contributed by atoms with van der Waals surface area (Å²) in [5.74, 6) is -5.09. The number of ether oxygens (including phenoxy) is 1. The van der Waals surface area contributed by atoms with Gasteiger partial charge in [0.2, 0.25) is 11.8 Å². The largest absolute Gasteiger partial charge is 0.494 e. The number of benzene rings is 8. The Kier molecular flexibility index (Phi) is 32.9. The molecule has 9 aromatic rings. The lowest BCUT2D eigenvalue weighted by molar-refractivity contribution is -0.384. The second-order valence-electron chi connectivity index (χ2n) is 28.1. The van der Waals surface area contributed by atoms with E-state index in [1.807, 2.05) is 131 Å². The van der Waals surface area contributed by atoms with Gasteiger partial charge in [0, 0.05) is 68.3 Å². The third-order valence-corrected chi connectivity index (χ3v) is 20.2. The molecule has 130 heavy (non-hydrogen) atoms. The molecule has 7 heterocycles. The number of aromatic nitrogens is 2. The normalized spacial score (nSPS) is 14.8. The van der Waals surface area contributed by atoms with Gasteiger partial charge in [-0.25, -0.2) is 0 Å². The van der Waals surface area contributed by atoms with E-state index in [-0.39, 0.29) is 81.2 Å². The Morgan fingerprint density at radius 3 is 1.39 bits per heavy atom. The summed E-state index contributed by atoms with van der Waals surface area (Å²) in [4.78, 5) is 170. The predicted octanol–water partition coefficient (Wildman–Crippen LogP) is 11.1. The van der Waals surface area contributed by atoms with Crippen LogP contribution in [-0.4, -0.2) is 151 Å². The number of hydrogen-bond acceptors (Lipinski definition) is 25. The van der Waals surface area contributed by atoms with Crippen LogP contribution in [0, 0.1) is 14.9 Å². The van der Waals surface area contributed by atoms with Gasteiger partial charge in [-0.15, -0.1) is 0 Å². The van der Waals surface area contributed by atoms with Crippen LogP contribution >= 0.6 is 89.2 Å². The molecule has 0 saturated carbocycles. The number of nitrogens with one attached hydrogen (secondary N) is 11. The number of aromatic hydroxyl groups is 1. The molecule has 0 bridgehead atoms. The van der Waals surface area contributed by atoms with E-state index in [1.165, 1.54) is 53.2 Å². The summed E-state index contributed by atoms with van der Waals surface area (Å²) in [5, 5.41) is 45.1. The number of aromatic amines is 2. The van der Waals surface area contributed by atoms with Crippen molar-refractivity contribution in [1.29, 1.82) is 0 Å². The summed E-state index contributed by atoms with van der Waals surface area (Å²) in [5.41, 5.74) is 8.27. The van der Waals surface area contributed by atoms with Gasteiger partial charge in [-0.1, -0.05) is 125 Å². The Labute approximate surface area is 781 Å². The van der Waals surface area contributed by atoms with E-state index in [9.17, 15) is 72.8 Å². The molecule has 0 radical (unpaired) electrons. The molecular weight excluding hydrogens is 1850 g/mol. The molecule has 6 aliphatic heterocycles. The van der Waals surface area contributed by atoms with Crippen molar-refractivity contribution in [3.8, 4) is 11.6 Å². The average Bonchev–Trinajstić information content (AvgIpc) is 1.62. The van der Waals surface area contributed by atoms with Gasteiger partial charge in [0.05, 0.1) is 28.6 Å². The SMILES string of the molecule is CC(=O)Nc1ccc(C=C2C(=O)NC(=S)NC2=O)cc1.CC1=CC(C)=NC1=Cc1c(O)[nH]c(=S)[nH]c1=O.CCOc1ccc(Br)cc1C=C1C(=O)NC(=S)NC1=O.CN(C)c1ccc(C=C2C(=O)N(c3ccccc3)C(=S)N(c3ccccc3)C2=O)cc1[N+](=O)[O-].CN(C)c1ccc(C=C2C(=O)NC(=S)NC2=O)cc1.O=C1NC(=S)NC(=O)C1=Cc1cccc2ccccc12. The highest BCUT2D eigenvalue weighted by Gasteiger charge is 2.42. The number of nitrogens with zero attached hydrogens (tertiary/aromatic N) is 6. The first-order chi connectivity index (χ1) is 61.8. The number of aliphatic imine (C=N–C) groups is 1. The quantitative estimate of drug-likeness (QED) is 0.0158. The fraction of sp³-hybridized carbons (Fsp3) is 0.100. The second-order valence-corrected chi connectivity index (χ2v) is 31.4. The van der Waals surface area contributed by atoms with Gasteiger partial charge in [0.25, 0.3) is 70.3 Å². The van der Waals surface area contributed by atoms with Crippen molar-refractivity contribution >= 4 is 267 Å². The van der Waals surface area contributed by atoms with Crippen LogP contribution in [0.5, 0.6) is 11.6 Å². The number of nitro benzene ring substituents is 1. The summed E-state index contributed by atoms with van der Waals surface area (Å²) >= 11 is 32.6. The third-order valence-electron chi connectivity index (χ3n) is 18.4. The maximum absolute atomic E-state index is 13.5. The fourth-order valence-corrected chi connectivity index (χ4v) is 14.0. The van der Waals surface area contributed by atoms with Crippen LogP contribution < -0.4 is 77.7 Å². The van der Waals surface area contributed by atoms with Crippen LogP contribution in [0.1, 0.15) is 61.1 Å². The highest BCUT2D eigenvalue weighted by atomic mass is 79.9. The van der Waals surface area contributed by atoms with Gasteiger partial charge >= 0.3 is 0 Å². The van der Waals surface area contributed by atoms with Crippen molar-refractivity contribution < 1.29 is 67.5 Å². The first-order valence-electron chi connectivity index (χ1n) is 38.5. The zero-order valence-corrected chi connectivity index (χ0v) is 76.2. The van der Waals surface area contributed by atoms with Crippen molar-refractivity contribution in [3.63, 3.8) is 0 Å². The molecule has 5 saturated heterocycles. The lowest BCUT2D eigenvalue weighted by Crippen LogP contribution is -2.56. The maximum atomic E-state index is 13.5. The molecule has 0 atom stereocenters. The van der Waals surface area contributed by atoms with Crippen molar-refractivity contribution in [1.82, 2.24) is 52.5 Å². The molecule has 5 fully saturated rings. The summed E-state index contributed by atoms with van der Waals surface area (Å²) in [6.45, 7) is 7.52. The molecule has 0 unspecified atom stereocenters. The smallest absolute Gasteiger partial charge is 0.293 e. The van der Waals surface area contributed by atoms with Crippen molar-refractivity contribution in [2.75, 3.05) is 59.7 Å². The molecule has 11 amide bonds. The molecule has 660 valence electrons. The maximum Gasteiger partial charge on any atom is 0.293 e. The monoisotopic (exact) mass is 1920 g/mol. The second kappa shape index (κ2) is 44.2. The number of halogens is 1. The number of para-hydroxylation sites is 2. The summed E-state index contributed by atoms with van der Waals surface area (Å²) in [6, 6.07) is 55.2. The molecule has 0 spiro atoms. The Hall–Kier alpha value is -15.3. The molecule has 0 aliphatic carbocycles. The Balaban J connectivity index is 0.000000165. The fourth-order valence-electron chi connectivity index (χ4n) is 12.4. The summed E-state index contributed by atoms with van der Waals surface area (Å²) < 4.78 is 6.38. The standard InChI is InChI=1S/C25H20N4O4S.C15H10N2O2S.C13H11BrN2O3S.C13H11N3O3S.C13H13N3O2S.C11H11N3O2S/c1-26(2)21-14-13-17(16-22(21)29(32)33)15-20-23(30)27(18-9-5-3-6-10-18)25(34)28(24(20)31)19-11-7-4-8-12-19;18-13-12(14(19)17-15(20)16-13)8-10-6-3-5-9-4-1-2-7-11(9)10;1-2-19-10-4-3-8(14)5-7(10)6-9-11(17)15-13(20)16-12(9)18;1-7(17)14-9-4-2-8(3-5-9)6-10-11(18)15-13(20)16-12(10)19;1-16(2)9-5-3-8(4-6-9)7-10-11(17)14-13(19)15-12(10)18;1-5-3-6(2)12-8(5)4-7-9(15)13-11(17)14-10(7)16/h3-16H,1-2H3;1-8H,(H2,16,17,18,19,20);3-6H,2H2,1H3,(H2,15,16,17,18,20);2-6H,1H3,(H,14,17)(H2,15,16,18,19,20);3-7H,1-2H3,(H2,14,15,17,18,19);3-4H,1-2H3,(H3,13,14,15,16,17). The van der Waals surface area contributed by atoms with E-state index < -0.39 is 69.6 Å². The van der Waals surface area contributed by atoms with Gasteiger partial charge in [-0.3, -0.25) is 130 Å². The van der Waals surface area contributed by atoms with Crippen LogP contribution in [-0.2, 0) is 52.7 Å².